The van der Waals surface area contributed by atoms with E-state index in [2.05, 4.69) is 67.2 Å². The van der Waals surface area contributed by atoms with Crippen molar-refractivity contribution < 1.29 is 12.8 Å². The molecule has 0 fully saturated rings. The van der Waals surface area contributed by atoms with Gasteiger partial charge in [0.05, 0.1) is 11.0 Å². The fraction of sp³-hybridized carbons (Fsp3) is 0.467. The summed E-state index contributed by atoms with van der Waals surface area (Å²) in [5, 5.41) is 1.33. The molecule has 0 aliphatic carbocycles. The van der Waals surface area contributed by atoms with Gasteiger partial charge in [-0.2, -0.15) is 0 Å². The molecule has 0 amide bonds. The summed E-state index contributed by atoms with van der Waals surface area (Å²) in [6.07, 6.45) is 1.97. The smallest absolute Gasteiger partial charge is 0.201 e. The Bertz CT molecular complexity index is 1100. The lowest BCUT2D eigenvalue weighted by molar-refractivity contribution is 0.0985. The van der Waals surface area contributed by atoms with Crippen LogP contribution in [0.15, 0.2) is 77.0 Å². The molecule has 0 saturated carbocycles. The largest absolute Gasteiger partial charge is 0.409 e. The lowest BCUT2D eigenvalue weighted by Gasteiger charge is -2.47. The molecule has 2 aromatic rings. The van der Waals surface area contributed by atoms with Gasteiger partial charge in [-0.15, -0.1) is 0 Å². The molecule has 0 spiro atoms. The minimum Gasteiger partial charge on any atom is -0.409 e. The second-order valence-corrected chi connectivity index (χ2v) is 18.1. The standard InChI is InChI=1S/C30H42O3SSi/c1-24(2)35(25(3)4,26(5)6)33-29(21-23-34(31,32)28-19-13-10-14-20-28)30(7,8)22-15-18-27-16-11-9-12-17-27/h9-14,16-17,19-21,23-26,29H,22H2,1-8H3/b23-21+. The van der Waals surface area contributed by atoms with E-state index in [1.54, 1.807) is 30.3 Å². The molecule has 2 rings (SSSR count). The minimum absolute atomic E-state index is 0.289. The van der Waals surface area contributed by atoms with E-state index in [-0.39, 0.29) is 16.4 Å². The number of benzene rings is 2. The normalized spacial score (nSPS) is 13.9. The third-order valence-corrected chi connectivity index (χ3v) is 14.4. The number of hydrogen-bond acceptors (Lipinski definition) is 3. The van der Waals surface area contributed by atoms with Crippen LogP contribution in [0.1, 0.15) is 67.4 Å². The maximum absolute atomic E-state index is 13.1. The maximum atomic E-state index is 13.1. The highest BCUT2D eigenvalue weighted by atomic mass is 32.2. The summed E-state index contributed by atoms with van der Waals surface area (Å²) in [7, 11) is -5.85. The SMILES string of the molecule is CC(C)[Si](OC(/C=C/S(=O)(=O)c1ccccc1)C(C)(C)CC#Cc1ccccc1)(C(C)C)C(C)C. The number of hydrogen-bond donors (Lipinski definition) is 0. The Hall–Kier alpha value is -2.13. The van der Waals surface area contributed by atoms with Crippen LogP contribution < -0.4 is 0 Å². The first-order valence-corrected chi connectivity index (χ1v) is 16.2. The van der Waals surface area contributed by atoms with Crippen molar-refractivity contribution in [1.82, 2.24) is 0 Å². The summed E-state index contributed by atoms with van der Waals surface area (Å²) in [5.74, 6) is 6.58. The molecule has 190 valence electrons. The summed E-state index contributed by atoms with van der Waals surface area (Å²) < 4.78 is 33.3. The summed E-state index contributed by atoms with van der Waals surface area (Å²) in [4.78, 5) is 0.289. The number of rotatable bonds is 10. The summed E-state index contributed by atoms with van der Waals surface area (Å²) in [5.41, 5.74) is 1.74. The third kappa shape index (κ3) is 7.43. The summed E-state index contributed by atoms with van der Waals surface area (Å²) >= 11 is 0. The van der Waals surface area contributed by atoms with Gasteiger partial charge in [0, 0.05) is 22.8 Å². The van der Waals surface area contributed by atoms with Crippen molar-refractivity contribution in [2.75, 3.05) is 0 Å². The van der Waals surface area contributed by atoms with Crippen LogP contribution in [0.25, 0.3) is 0 Å². The van der Waals surface area contributed by atoms with Crippen molar-refractivity contribution in [1.29, 1.82) is 0 Å². The Morgan fingerprint density at radius 3 is 1.83 bits per heavy atom. The van der Waals surface area contributed by atoms with Crippen LogP contribution in [0.5, 0.6) is 0 Å². The zero-order chi connectivity index (χ0) is 26.3. The molecular weight excluding hydrogens is 468 g/mol. The van der Waals surface area contributed by atoms with Gasteiger partial charge < -0.3 is 4.43 Å². The molecule has 2 aromatic carbocycles. The molecule has 0 radical (unpaired) electrons. The predicted molar refractivity (Wildman–Crippen MR) is 150 cm³/mol. The van der Waals surface area contributed by atoms with E-state index in [1.807, 2.05) is 36.4 Å². The average Bonchev–Trinajstić information content (AvgIpc) is 2.79. The second-order valence-electron chi connectivity index (χ2n) is 10.9. The van der Waals surface area contributed by atoms with Crippen molar-refractivity contribution in [2.45, 2.75) is 89.4 Å². The van der Waals surface area contributed by atoms with Crippen molar-refractivity contribution in [3.05, 3.63) is 77.7 Å². The molecule has 0 bridgehead atoms. The van der Waals surface area contributed by atoms with Crippen molar-refractivity contribution in [3.63, 3.8) is 0 Å². The molecule has 0 N–H and O–H groups in total. The molecule has 0 aliphatic rings. The van der Waals surface area contributed by atoms with Gasteiger partial charge in [0.2, 0.25) is 8.32 Å². The zero-order valence-corrected chi connectivity index (χ0v) is 24.4. The molecule has 3 nitrogen and oxygen atoms in total. The van der Waals surface area contributed by atoms with Crippen LogP contribution in [0, 0.1) is 17.3 Å². The van der Waals surface area contributed by atoms with Crippen molar-refractivity contribution in [2.24, 2.45) is 5.41 Å². The van der Waals surface area contributed by atoms with Crippen LogP contribution in [0.2, 0.25) is 16.6 Å². The van der Waals surface area contributed by atoms with E-state index >= 15 is 0 Å². The number of sulfone groups is 1. The Morgan fingerprint density at radius 2 is 1.34 bits per heavy atom. The van der Waals surface area contributed by atoms with Gasteiger partial charge in [-0.25, -0.2) is 8.42 Å². The predicted octanol–water partition coefficient (Wildman–Crippen LogP) is 8.00. The topological polar surface area (TPSA) is 43.4 Å². The zero-order valence-electron chi connectivity index (χ0n) is 22.6. The molecule has 0 heterocycles. The molecule has 1 unspecified atom stereocenters. The van der Waals surface area contributed by atoms with Crippen LogP contribution in [0.4, 0.5) is 0 Å². The molecule has 1 atom stereocenters. The van der Waals surface area contributed by atoms with Crippen molar-refractivity contribution in [3.8, 4) is 11.8 Å². The maximum Gasteiger partial charge on any atom is 0.201 e. The molecular formula is C30H42O3SSi. The molecule has 0 saturated heterocycles. The van der Waals surface area contributed by atoms with Gasteiger partial charge in [0.15, 0.2) is 9.84 Å². The Labute approximate surface area is 215 Å². The van der Waals surface area contributed by atoms with E-state index in [9.17, 15) is 8.42 Å². The van der Waals surface area contributed by atoms with Crippen LogP contribution in [-0.4, -0.2) is 22.8 Å². The Morgan fingerprint density at radius 1 is 0.857 bits per heavy atom. The lowest BCUT2D eigenvalue weighted by atomic mass is 9.83. The summed E-state index contributed by atoms with van der Waals surface area (Å²) in [6.45, 7) is 17.7. The highest BCUT2D eigenvalue weighted by Crippen LogP contribution is 2.45. The first kappa shape index (κ1) is 29.1. The quantitative estimate of drug-likeness (QED) is 0.240. The van der Waals surface area contributed by atoms with Crippen LogP contribution in [-0.2, 0) is 14.3 Å². The molecule has 0 aliphatic heterocycles. The Kier molecular flexibility index (Phi) is 10.2. The minimum atomic E-state index is -3.58. The molecule has 35 heavy (non-hydrogen) atoms. The van der Waals surface area contributed by atoms with E-state index in [0.717, 1.165) is 5.56 Å². The third-order valence-electron chi connectivity index (χ3n) is 6.86. The highest BCUT2D eigenvalue weighted by molar-refractivity contribution is 7.94. The Balaban J connectivity index is 2.49. The van der Waals surface area contributed by atoms with Gasteiger partial charge in [0.25, 0.3) is 0 Å². The average molecular weight is 511 g/mol. The van der Waals surface area contributed by atoms with E-state index in [4.69, 9.17) is 4.43 Å². The van der Waals surface area contributed by atoms with Gasteiger partial charge in [-0.05, 0) is 47.0 Å². The molecule has 0 aromatic heterocycles. The van der Waals surface area contributed by atoms with Gasteiger partial charge in [0.1, 0.15) is 0 Å². The van der Waals surface area contributed by atoms with Gasteiger partial charge in [-0.1, -0.05) is 104 Å². The van der Waals surface area contributed by atoms with E-state index in [0.29, 0.717) is 23.0 Å². The highest BCUT2D eigenvalue weighted by Gasteiger charge is 2.48. The molecule has 5 heteroatoms. The van der Waals surface area contributed by atoms with Gasteiger partial charge in [-0.3, -0.25) is 0 Å². The summed E-state index contributed by atoms with van der Waals surface area (Å²) in [6, 6.07) is 18.5. The van der Waals surface area contributed by atoms with Gasteiger partial charge >= 0.3 is 0 Å². The monoisotopic (exact) mass is 510 g/mol. The van der Waals surface area contributed by atoms with Crippen LogP contribution in [0.3, 0.4) is 0 Å². The van der Waals surface area contributed by atoms with E-state index < -0.39 is 18.2 Å². The second kappa shape index (κ2) is 12.2. The lowest BCUT2D eigenvalue weighted by Crippen LogP contribution is -2.52. The first-order valence-electron chi connectivity index (χ1n) is 12.5. The first-order chi connectivity index (χ1) is 16.3. The van der Waals surface area contributed by atoms with Crippen LogP contribution >= 0.6 is 0 Å². The fourth-order valence-corrected chi connectivity index (χ4v) is 11.6. The fourth-order valence-electron chi connectivity index (χ4n) is 4.95. The van der Waals surface area contributed by atoms with E-state index in [1.165, 1.54) is 5.41 Å². The van der Waals surface area contributed by atoms with Crippen molar-refractivity contribution >= 4 is 18.2 Å².